The number of carbonyl (C=O) groups excluding carboxylic acids is 2. The van der Waals surface area contributed by atoms with Gasteiger partial charge in [-0.15, -0.1) is 11.8 Å². The third-order valence-corrected chi connectivity index (χ3v) is 8.18. The molecule has 2 heterocycles. The minimum absolute atomic E-state index is 0.0438. The predicted molar refractivity (Wildman–Crippen MR) is 126 cm³/mol. The van der Waals surface area contributed by atoms with Crippen molar-refractivity contribution in [1.82, 2.24) is 10.2 Å². The van der Waals surface area contributed by atoms with Crippen molar-refractivity contribution in [3.8, 4) is 5.75 Å². The van der Waals surface area contributed by atoms with Crippen LogP contribution in [0.3, 0.4) is 0 Å². The molecule has 5 N–H and O–H groups in total. The maximum Gasteiger partial charge on any atom is 0.327 e. The molecule has 1 aromatic carbocycles. The van der Waals surface area contributed by atoms with E-state index in [1.54, 1.807) is 19.9 Å². The molecule has 174 valence electrons. The Morgan fingerprint density at radius 1 is 1.44 bits per heavy atom. The van der Waals surface area contributed by atoms with Gasteiger partial charge in [-0.2, -0.15) is 0 Å². The average Bonchev–Trinajstić information content (AvgIpc) is 2.98. The van der Waals surface area contributed by atoms with Gasteiger partial charge in [0, 0.05) is 16.1 Å². The fraction of sp³-hybridized carbons (Fsp3) is 0.500. The zero-order valence-corrected chi connectivity index (χ0v) is 20.2. The van der Waals surface area contributed by atoms with Gasteiger partial charge in [-0.25, -0.2) is 4.79 Å². The summed E-state index contributed by atoms with van der Waals surface area (Å²) < 4.78 is 4.88. The number of nitrogens with two attached hydrogens (primary N) is 1. The fourth-order valence-electron chi connectivity index (χ4n) is 3.75. The summed E-state index contributed by atoms with van der Waals surface area (Å²) in [6.07, 6.45) is 0. The van der Waals surface area contributed by atoms with Gasteiger partial charge in [0.2, 0.25) is 16.2 Å². The molecule has 2 aliphatic heterocycles. The molecule has 2 saturated heterocycles. The van der Waals surface area contributed by atoms with E-state index in [0.29, 0.717) is 27.9 Å². The van der Waals surface area contributed by atoms with Crippen LogP contribution in [0.15, 0.2) is 18.2 Å². The van der Waals surface area contributed by atoms with Crippen molar-refractivity contribution < 1.29 is 29.3 Å². The molecule has 1 aromatic rings. The van der Waals surface area contributed by atoms with Crippen molar-refractivity contribution in [1.29, 1.82) is 0 Å². The normalized spacial score (nSPS) is 24.3. The van der Waals surface area contributed by atoms with E-state index in [9.17, 15) is 24.6 Å². The highest BCUT2D eigenvalue weighted by Crippen LogP contribution is 2.50. The molecule has 2 fully saturated rings. The summed E-state index contributed by atoms with van der Waals surface area (Å²) in [6.45, 7) is 5.80. The van der Waals surface area contributed by atoms with Gasteiger partial charge in [-0.1, -0.05) is 17.8 Å². The average molecular weight is 500 g/mol. The number of thiocarbonyl (C=S) groups is 1. The SMILES string of the molecule is CCOC(=S)SCc1cc(C(N)C(=O)NC2C(=O)N3C2SC(C)(C)C3C(=O)O)ccc1O. The zero-order chi connectivity index (χ0) is 23.8. The molecule has 0 spiro atoms. The lowest BCUT2D eigenvalue weighted by Gasteiger charge is -2.43. The number of aromatic hydroxyl groups is 1. The molecule has 4 unspecified atom stereocenters. The van der Waals surface area contributed by atoms with Crippen molar-refractivity contribution in [2.75, 3.05) is 6.61 Å². The summed E-state index contributed by atoms with van der Waals surface area (Å²) in [5, 5.41) is 21.8. The molecule has 32 heavy (non-hydrogen) atoms. The molecule has 2 amide bonds. The molecule has 0 radical (unpaired) electrons. The summed E-state index contributed by atoms with van der Waals surface area (Å²) in [6, 6.07) is 1.74. The number of β-lactam (4-membered cyclic amide) rings is 1. The number of fused-ring (bicyclic) bond motifs is 1. The monoisotopic (exact) mass is 499 g/mol. The molecule has 0 saturated carbocycles. The highest BCUT2D eigenvalue weighted by molar-refractivity contribution is 8.22. The minimum atomic E-state index is -1.07. The minimum Gasteiger partial charge on any atom is -0.508 e. The van der Waals surface area contributed by atoms with Crippen LogP contribution in [0.2, 0.25) is 0 Å². The number of hydrogen-bond donors (Lipinski definition) is 4. The number of hydrogen-bond acceptors (Lipinski definition) is 9. The Morgan fingerprint density at radius 2 is 2.12 bits per heavy atom. The van der Waals surface area contributed by atoms with Crippen molar-refractivity contribution >= 4 is 57.9 Å². The van der Waals surface area contributed by atoms with E-state index < -0.39 is 46.0 Å². The molecular formula is C20H25N3O6S3. The Bertz CT molecular complexity index is 957. The Labute approximate surface area is 199 Å². The van der Waals surface area contributed by atoms with Gasteiger partial charge in [0.05, 0.1) is 6.61 Å². The first-order chi connectivity index (χ1) is 15.0. The van der Waals surface area contributed by atoms with Gasteiger partial charge in [0.1, 0.15) is 29.2 Å². The Balaban J connectivity index is 1.67. The number of phenolic OH excluding ortho intramolecular Hbond substituents is 1. The van der Waals surface area contributed by atoms with E-state index in [4.69, 9.17) is 22.7 Å². The number of ether oxygens (including phenoxy) is 1. The van der Waals surface area contributed by atoms with Gasteiger partial charge in [-0.05, 0) is 50.7 Å². The molecule has 3 rings (SSSR count). The second-order valence-electron chi connectivity index (χ2n) is 7.92. The third-order valence-electron chi connectivity index (χ3n) is 5.33. The Hall–Kier alpha value is -2.02. The van der Waals surface area contributed by atoms with Crippen LogP contribution in [0.5, 0.6) is 5.75 Å². The number of nitrogens with one attached hydrogen (secondary N) is 1. The first kappa shape index (κ1) is 24.6. The van der Waals surface area contributed by atoms with Gasteiger partial charge in [-0.3, -0.25) is 9.59 Å². The molecule has 0 bridgehead atoms. The maximum atomic E-state index is 12.8. The number of phenols is 1. The number of amides is 2. The first-order valence-corrected chi connectivity index (χ1v) is 12.2. The van der Waals surface area contributed by atoms with Crippen LogP contribution in [0.25, 0.3) is 0 Å². The van der Waals surface area contributed by atoms with Crippen LogP contribution in [0.1, 0.15) is 37.9 Å². The molecule has 9 nitrogen and oxygen atoms in total. The van der Waals surface area contributed by atoms with E-state index in [0.717, 1.165) is 0 Å². The Kier molecular flexibility index (Phi) is 7.28. The van der Waals surface area contributed by atoms with Crippen LogP contribution >= 0.6 is 35.7 Å². The molecule has 2 aliphatic rings. The topological polar surface area (TPSA) is 142 Å². The third kappa shape index (κ3) is 4.68. The number of rotatable bonds is 7. The number of carboxylic acid groups (broad SMARTS) is 1. The number of benzene rings is 1. The largest absolute Gasteiger partial charge is 0.508 e. The van der Waals surface area contributed by atoms with Gasteiger partial charge in [0.25, 0.3) is 0 Å². The second kappa shape index (κ2) is 9.46. The van der Waals surface area contributed by atoms with E-state index >= 15 is 0 Å². The molecule has 12 heteroatoms. The smallest absolute Gasteiger partial charge is 0.327 e. The van der Waals surface area contributed by atoms with Gasteiger partial charge in [0.15, 0.2) is 0 Å². The van der Waals surface area contributed by atoms with Crippen molar-refractivity contribution in [2.24, 2.45) is 5.73 Å². The van der Waals surface area contributed by atoms with E-state index in [1.807, 2.05) is 6.92 Å². The van der Waals surface area contributed by atoms with E-state index in [2.05, 4.69) is 5.32 Å². The standard InChI is InChI=1S/C20H25N3O6S3/c1-4-29-19(30)31-8-10-7-9(5-6-11(10)24)12(21)15(25)22-13-16(26)23-14(18(27)28)20(2,3)32-17(13)23/h5-7,12-14,17,24H,4,8,21H2,1-3H3,(H,22,25)(H,27,28). The van der Waals surface area contributed by atoms with E-state index in [-0.39, 0.29) is 5.75 Å². The maximum absolute atomic E-state index is 12.8. The summed E-state index contributed by atoms with van der Waals surface area (Å²) in [7, 11) is 0. The van der Waals surface area contributed by atoms with Crippen molar-refractivity contribution in [3.63, 3.8) is 0 Å². The van der Waals surface area contributed by atoms with Crippen LogP contribution in [0.4, 0.5) is 0 Å². The zero-order valence-electron chi connectivity index (χ0n) is 17.7. The lowest BCUT2D eigenvalue weighted by Crippen LogP contribution is -2.71. The lowest BCUT2D eigenvalue weighted by atomic mass is 9.95. The van der Waals surface area contributed by atoms with Crippen LogP contribution in [0, 0.1) is 0 Å². The summed E-state index contributed by atoms with van der Waals surface area (Å²) in [5.74, 6) is -1.68. The number of carbonyl (C=O) groups is 3. The highest BCUT2D eigenvalue weighted by Gasteiger charge is 2.64. The molecule has 0 aromatic heterocycles. The number of nitrogens with zero attached hydrogens (tertiary/aromatic N) is 1. The highest BCUT2D eigenvalue weighted by atomic mass is 32.2. The molecule has 4 atom stereocenters. The fourth-order valence-corrected chi connectivity index (χ4v) is 6.38. The van der Waals surface area contributed by atoms with Crippen LogP contribution < -0.4 is 11.1 Å². The number of aliphatic carboxylic acids is 1. The van der Waals surface area contributed by atoms with Crippen molar-refractivity contribution in [3.05, 3.63) is 29.3 Å². The molecule has 0 aliphatic carbocycles. The summed E-state index contributed by atoms with van der Waals surface area (Å²) >= 11 is 7.66. The van der Waals surface area contributed by atoms with Crippen molar-refractivity contribution in [2.45, 2.75) is 54.8 Å². The van der Waals surface area contributed by atoms with Gasteiger partial charge >= 0.3 is 5.97 Å². The summed E-state index contributed by atoms with van der Waals surface area (Å²) in [4.78, 5) is 38.3. The lowest BCUT2D eigenvalue weighted by molar-refractivity contribution is -0.161. The Morgan fingerprint density at radius 3 is 2.75 bits per heavy atom. The predicted octanol–water partition coefficient (Wildman–Crippen LogP) is 1.58. The quantitative estimate of drug-likeness (QED) is 0.323. The van der Waals surface area contributed by atoms with Crippen LogP contribution in [-0.4, -0.2) is 66.1 Å². The number of thioether (sulfide) groups is 2. The first-order valence-electron chi connectivity index (χ1n) is 9.88. The number of carboxylic acids is 1. The van der Waals surface area contributed by atoms with E-state index in [1.165, 1.54) is 40.6 Å². The summed E-state index contributed by atoms with van der Waals surface area (Å²) in [5.41, 5.74) is 7.13. The van der Waals surface area contributed by atoms with Gasteiger partial charge < -0.3 is 30.9 Å². The second-order valence-corrected chi connectivity index (χ2v) is 11.3. The molecular weight excluding hydrogens is 474 g/mol. The van der Waals surface area contributed by atoms with Crippen LogP contribution in [-0.2, 0) is 24.9 Å².